The van der Waals surface area contributed by atoms with Crippen LogP contribution in [0.15, 0.2) is 24.3 Å². The van der Waals surface area contributed by atoms with Gasteiger partial charge < -0.3 is 5.32 Å². The van der Waals surface area contributed by atoms with E-state index in [4.69, 9.17) is 0 Å². The Morgan fingerprint density at radius 2 is 2.06 bits per heavy atom. The zero-order valence-electron chi connectivity index (χ0n) is 9.73. The number of likely N-dealkylation sites (tertiary alicyclic amines) is 1. The van der Waals surface area contributed by atoms with Gasteiger partial charge >= 0.3 is 0 Å². The molecule has 2 amide bonds. The predicted octanol–water partition coefficient (Wildman–Crippen LogP) is 1.99. The Morgan fingerprint density at radius 1 is 1.28 bits per heavy atom. The summed E-state index contributed by atoms with van der Waals surface area (Å²) in [5.41, 5.74) is 0.894. The van der Waals surface area contributed by atoms with Gasteiger partial charge in [0.25, 0.3) is 5.91 Å². The van der Waals surface area contributed by atoms with Crippen LogP contribution in [0.1, 0.15) is 19.3 Å². The number of halogens is 1. The van der Waals surface area contributed by atoms with Crippen molar-refractivity contribution in [2.75, 3.05) is 5.32 Å². The lowest BCUT2D eigenvalue weighted by Gasteiger charge is -2.15. The molecule has 3 rings (SSSR count). The molecule has 18 heavy (non-hydrogen) atoms. The van der Waals surface area contributed by atoms with Gasteiger partial charge in [-0.2, -0.15) is 0 Å². The molecule has 4 nitrogen and oxygen atoms in total. The average Bonchev–Trinajstić information content (AvgIpc) is 3.09. The molecule has 1 aromatic rings. The van der Waals surface area contributed by atoms with Crippen molar-refractivity contribution in [3.63, 3.8) is 0 Å². The molecule has 1 atom stereocenters. The van der Waals surface area contributed by atoms with E-state index in [2.05, 4.69) is 27.9 Å². The van der Waals surface area contributed by atoms with Gasteiger partial charge in [0.1, 0.15) is 6.04 Å². The fourth-order valence-electron chi connectivity index (χ4n) is 2.26. The first kappa shape index (κ1) is 12.0. The van der Waals surface area contributed by atoms with Gasteiger partial charge in [-0.05, 0) is 53.6 Å². The van der Waals surface area contributed by atoms with E-state index in [-0.39, 0.29) is 24.3 Å². The number of anilines is 1. The number of amides is 2. The largest absolute Gasteiger partial charge is 0.373 e. The second-order valence-corrected chi connectivity index (χ2v) is 5.99. The van der Waals surface area contributed by atoms with E-state index in [9.17, 15) is 9.59 Å². The molecular weight excluding hydrogens is 343 g/mol. The maximum atomic E-state index is 12.1. The summed E-state index contributed by atoms with van der Waals surface area (Å²) in [5, 5.41) is 3.16. The van der Waals surface area contributed by atoms with Crippen molar-refractivity contribution in [3.8, 4) is 0 Å². The molecule has 0 bridgehead atoms. The van der Waals surface area contributed by atoms with Gasteiger partial charge in [-0.15, -0.1) is 0 Å². The fraction of sp³-hybridized carbons (Fsp3) is 0.385. The second kappa shape index (κ2) is 4.53. The van der Waals surface area contributed by atoms with Crippen LogP contribution in [0.4, 0.5) is 5.69 Å². The number of imide groups is 1. The van der Waals surface area contributed by atoms with Crippen molar-refractivity contribution >= 4 is 40.1 Å². The van der Waals surface area contributed by atoms with Gasteiger partial charge in [-0.25, -0.2) is 0 Å². The molecule has 2 fully saturated rings. The summed E-state index contributed by atoms with van der Waals surface area (Å²) in [7, 11) is 0. The van der Waals surface area contributed by atoms with E-state index in [1.807, 2.05) is 24.3 Å². The van der Waals surface area contributed by atoms with Gasteiger partial charge in [0.05, 0.1) is 6.42 Å². The Kier molecular flexibility index (Phi) is 3.01. The average molecular weight is 356 g/mol. The standard InChI is InChI=1S/C13H13IN2O2/c14-8-2-1-3-9(6-8)15-11-7-12(17)16(13(11)18)10-4-5-10/h1-3,6,10-11,15H,4-5,7H2. The van der Waals surface area contributed by atoms with Crippen LogP contribution >= 0.6 is 22.6 Å². The minimum absolute atomic E-state index is 0.0365. The zero-order valence-corrected chi connectivity index (χ0v) is 11.9. The van der Waals surface area contributed by atoms with E-state index in [0.717, 1.165) is 22.1 Å². The lowest BCUT2D eigenvalue weighted by molar-refractivity contribution is -0.139. The van der Waals surface area contributed by atoms with Crippen LogP contribution < -0.4 is 5.32 Å². The summed E-state index contributed by atoms with van der Waals surface area (Å²) >= 11 is 2.22. The molecule has 94 valence electrons. The number of hydrogen-bond acceptors (Lipinski definition) is 3. The van der Waals surface area contributed by atoms with Crippen LogP contribution in [0.2, 0.25) is 0 Å². The first-order chi connectivity index (χ1) is 8.65. The lowest BCUT2D eigenvalue weighted by atomic mass is 10.2. The molecule has 0 spiro atoms. The number of benzene rings is 1. The van der Waals surface area contributed by atoms with E-state index in [1.54, 1.807) is 0 Å². The Labute approximate surface area is 119 Å². The molecule has 1 saturated carbocycles. The Hall–Kier alpha value is -1.11. The highest BCUT2D eigenvalue weighted by molar-refractivity contribution is 14.1. The number of rotatable bonds is 3. The maximum absolute atomic E-state index is 12.1. The third-order valence-electron chi connectivity index (χ3n) is 3.26. The summed E-state index contributed by atoms with van der Waals surface area (Å²) in [6.07, 6.45) is 2.21. The number of hydrogen-bond donors (Lipinski definition) is 1. The molecule has 1 unspecified atom stereocenters. The summed E-state index contributed by atoms with van der Waals surface area (Å²) in [6.45, 7) is 0. The zero-order chi connectivity index (χ0) is 12.7. The van der Waals surface area contributed by atoms with Crippen LogP contribution in [-0.4, -0.2) is 28.8 Å². The molecule has 1 saturated heterocycles. The molecule has 5 heteroatoms. The van der Waals surface area contributed by atoms with E-state index >= 15 is 0 Å². The van der Waals surface area contributed by atoms with Gasteiger partial charge in [0, 0.05) is 15.3 Å². The number of carbonyl (C=O) groups is 2. The molecule has 1 aliphatic heterocycles. The van der Waals surface area contributed by atoms with Gasteiger partial charge in [-0.3, -0.25) is 14.5 Å². The van der Waals surface area contributed by atoms with Gasteiger partial charge in [0.2, 0.25) is 5.91 Å². The molecular formula is C13H13IN2O2. The molecule has 1 heterocycles. The monoisotopic (exact) mass is 356 g/mol. The minimum Gasteiger partial charge on any atom is -0.373 e. The molecule has 1 aromatic carbocycles. The van der Waals surface area contributed by atoms with E-state index in [1.165, 1.54) is 4.90 Å². The quantitative estimate of drug-likeness (QED) is 0.666. The highest BCUT2D eigenvalue weighted by Gasteiger charge is 2.46. The van der Waals surface area contributed by atoms with E-state index in [0.29, 0.717) is 0 Å². The number of nitrogens with one attached hydrogen (secondary N) is 1. The van der Waals surface area contributed by atoms with Crippen LogP contribution in [-0.2, 0) is 9.59 Å². The highest BCUT2D eigenvalue weighted by atomic mass is 127. The molecule has 0 radical (unpaired) electrons. The fourth-order valence-corrected chi connectivity index (χ4v) is 2.80. The van der Waals surface area contributed by atoms with E-state index < -0.39 is 6.04 Å². The molecule has 2 aliphatic rings. The maximum Gasteiger partial charge on any atom is 0.252 e. The first-order valence-electron chi connectivity index (χ1n) is 6.03. The molecule has 1 N–H and O–H groups in total. The van der Waals surface area contributed by atoms with Crippen LogP contribution in [0.3, 0.4) is 0 Å². The van der Waals surface area contributed by atoms with Crippen molar-refractivity contribution in [1.82, 2.24) is 4.90 Å². The van der Waals surface area contributed by atoms with Crippen molar-refractivity contribution in [2.24, 2.45) is 0 Å². The van der Waals surface area contributed by atoms with Crippen molar-refractivity contribution < 1.29 is 9.59 Å². The normalized spacial score (nSPS) is 23.6. The summed E-state index contributed by atoms with van der Waals surface area (Å²) in [4.78, 5) is 25.4. The Bertz CT molecular complexity index is 513. The smallest absolute Gasteiger partial charge is 0.252 e. The SMILES string of the molecule is O=C1CC(Nc2cccc(I)c2)C(=O)N1C1CC1. The van der Waals surface area contributed by atoms with Gasteiger partial charge in [0.15, 0.2) is 0 Å². The van der Waals surface area contributed by atoms with Crippen LogP contribution in [0.5, 0.6) is 0 Å². The van der Waals surface area contributed by atoms with Crippen molar-refractivity contribution in [2.45, 2.75) is 31.3 Å². The summed E-state index contributed by atoms with van der Waals surface area (Å²) in [5.74, 6) is -0.105. The third-order valence-corrected chi connectivity index (χ3v) is 3.93. The molecule has 0 aromatic heterocycles. The number of nitrogens with zero attached hydrogens (tertiary/aromatic N) is 1. The summed E-state index contributed by atoms with van der Waals surface area (Å²) < 4.78 is 1.11. The highest BCUT2D eigenvalue weighted by Crippen LogP contribution is 2.32. The van der Waals surface area contributed by atoms with Crippen molar-refractivity contribution in [3.05, 3.63) is 27.8 Å². The predicted molar refractivity (Wildman–Crippen MR) is 76.1 cm³/mol. The molecule has 1 aliphatic carbocycles. The first-order valence-corrected chi connectivity index (χ1v) is 7.11. The van der Waals surface area contributed by atoms with Crippen LogP contribution in [0, 0.1) is 3.57 Å². The lowest BCUT2D eigenvalue weighted by Crippen LogP contribution is -2.36. The minimum atomic E-state index is -0.392. The summed E-state index contributed by atoms with van der Waals surface area (Å²) in [6, 6.07) is 7.59. The van der Waals surface area contributed by atoms with Gasteiger partial charge in [-0.1, -0.05) is 6.07 Å². The van der Waals surface area contributed by atoms with Crippen molar-refractivity contribution in [1.29, 1.82) is 0 Å². The number of carbonyl (C=O) groups excluding carboxylic acids is 2. The topological polar surface area (TPSA) is 49.4 Å². The van der Waals surface area contributed by atoms with Crippen LogP contribution in [0.25, 0.3) is 0 Å². The third kappa shape index (κ3) is 2.23. The second-order valence-electron chi connectivity index (χ2n) is 4.74. The Morgan fingerprint density at radius 3 is 2.72 bits per heavy atom. The Balaban J connectivity index is 1.74.